The van der Waals surface area contributed by atoms with E-state index in [0.29, 0.717) is 6.42 Å². The van der Waals surface area contributed by atoms with Gasteiger partial charge in [0.2, 0.25) is 10.0 Å². The summed E-state index contributed by atoms with van der Waals surface area (Å²) in [5, 5.41) is 0. The number of unbranched alkanes of at least 4 members (excludes halogenated alkanes) is 1. The van der Waals surface area contributed by atoms with Gasteiger partial charge in [-0.25, -0.2) is 12.8 Å². The van der Waals surface area contributed by atoms with Crippen molar-refractivity contribution in [3.8, 4) is 0 Å². The van der Waals surface area contributed by atoms with E-state index >= 15 is 0 Å². The molecule has 0 unspecified atom stereocenters. The molecule has 4 nitrogen and oxygen atoms in total. The molecule has 0 aromatic heterocycles. The van der Waals surface area contributed by atoms with Crippen LogP contribution in [0.25, 0.3) is 0 Å². The molecule has 1 aromatic carbocycles. The number of sulfonamides is 1. The maximum atomic E-state index is 13.6. The van der Waals surface area contributed by atoms with Crippen LogP contribution in [-0.4, -0.2) is 32.0 Å². The van der Waals surface area contributed by atoms with Crippen LogP contribution in [0.3, 0.4) is 0 Å². The molecule has 21 heavy (non-hydrogen) atoms. The van der Waals surface area contributed by atoms with Gasteiger partial charge in [0.25, 0.3) is 0 Å². The Bertz CT molecular complexity index is 587. The minimum absolute atomic E-state index is 0.0441. The van der Waals surface area contributed by atoms with Crippen LogP contribution >= 0.6 is 0 Å². The summed E-state index contributed by atoms with van der Waals surface area (Å²) in [6, 6.07) is 2.77. The number of anilines is 1. The van der Waals surface area contributed by atoms with Gasteiger partial charge in [0.05, 0.1) is 0 Å². The van der Waals surface area contributed by atoms with E-state index in [0.717, 1.165) is 18.2 Å². The number of rotatable bonds is 6. The van der Waals surface area contributed by atoms with E-state index in [1.807, 2.05) is 0 Å². The molecule has 0 heterocycles. The minimum atomic E-state index is -4.71. The molecule has 0 atom stereocenters. The van der Waals surface area contributed by atoms with Gasteiger partial charge in [-0.1, -0.05) is 13.3 Å². The Morgan fingerprint density at radius 1 is 1.29 bits per heavy atom. The van der Waals surface area contributed by atoms with Gasteiger partial charge >= 0.3 is 6.18 Å². The summed E-state index contributed by atoms with van der Waals surface area (Å²) in [6.07, 6.45) is -3.97. The van der Waals surface area contributed by atoms with Crippen LogP contribution in [0.2, 0.25) is 0 Å². The van der Waals surface area contributed by atoms with Crippen molar-refractivity contribution in [2.24, 2.45) is 0 Å². The Kier molecular flexibility index (Phi) is 5.57. The van der Waals surface area contributed by atoms with E-state index < -0.39 is 33.5 Å². The van der Waals surface area contributed by atoms with Crippen molar-refractivity contribution < 1.29 is 26.0 Å². The van der Waals surface area contributed by atoms with Gasteiger partial charge in [-0.15, -0.1) is 0 Å². The predicted molar refractivity (Wildman–Crippen MR) is 70.5 cm³/mol. The lowest BCUT2D eigenvalue weighted by Gasteiger charge is -2.23. The van der Waals surface area contributed by atoms with Crippen LogP contribution in [0.1, 0.15) is 19.8 Å². The Hall–Kier alpha value is -1.35. The molecule has 0 amide bonds. The maximum Gasteiger partial charge on any atom is 0.402 e. The molecule has 120 valence electrons. The molecule has 0 radical (unpaired) electrons. The van der Waals surface area contributed by atoms with Gasteiger partial charge in [-0.2, -0.15) is 17.5 Å². The van der Waals surface area contributed by atoms with E-state index in [4.69, 9.17) is 5.73 Å². The Morgan fingerprint density at radius 2 is 1.90 bits per heavy atom. The van der Waals surface area contributed by atoms with Crippen molar-refractivity contribution >= 4 is 15.7 Å². The molecule has 0 bridgehead atoms. The minimum Gasteiger partial charge on any atom is -0.399 e. The van der Waals surface area contributed by atoms with E-state index in [2.05, 4.69) is 0 Å². The van der Waals surface area contributed by atoms with Gasteiger partial charge in [0.1, 0.15) is 17.3 Å². The first-order valence-electron chi connectivity index (χ1n) is 6.20. The number of benzene rings is 1. The fraction of sp³-hybridized carbons (Fsp3) is 0.500. The van der Waals surface area contributed by atoms with E-state index in [1.165, 1.54) is 0 Å². The monoisotopic (exact) mass is 328 g/mol. The lowest BCUT2D eigenvalue weighted by molar-refractivity contribution is -0.136. The summed E-state index contributed by atoms with van der Waals surface area (Å²) < 4.78 is 75.9. The Balaban J connectivity index is 3.22. The maximum absolute atomic E-state index is 13.6. The fourth-order valence-corrected chi connectivity index (χ4v) is 3.24. The zero-order chi connectivity index (χ0) is 16.3. The third-order valence-corrected chi connectivity index (χ3v) is 4.55. The van der Waals surface area contributed by atoms with Crippen LogP contribution < -0.4 is 5.73 Å². The molecule has 1 rings (SSSR count). The summed E-state index contributed by atoms with van der Waals surface area (Å²) in [4.78, 5) is -0.845. The third kappa shape index (κ3) is 4.85. The second kappa shape index (κ2) is 6.61. The first-order chi connectivity index (χ1) is 9.58. The molecular formula is C12H16F4N2O2S. The van der Waals surface area contributed by atoms with Gasteiger partial charge in [0, 0.05) is 12.2 Å². The second-order valence-electron chi connectivity index (χ2n) is 4.50. The number of nitrogens with two attached hydrogens (primary N) is 1. The number of hydrogen-bond donors (Lipinski definition) is 1. The normalized spacial score (nSPS) is 12.9. The van der Waals surface area contributed by atoms with Gasteiger partial charge in [0.15, 0.2) is 0 Å². The zero-order valence-corrected chi connectivity index (χ0v) is 12.1. The highest BCUT2D eigenvalue weighted by atomic mass is 32.2. The molecule has 0 fully saturated rings. The van der Waals surface area contributed by atoms with Crippen molar-refractivity contribution in [2.45, 2.75) is 30.8 Å². The zero-order valence-electron chi connectivity index (χ0n) is 11.3. The van der Waals surface area contributed by atoms with E-state index in [1.54, 1.807) is 6.92 Å². The Labute approximate surface area is 120 Å². The second-order valence-corrected chi connectivity index (χ2v) is 6.40. The molecule has 0 aliphatic rings. The van der Waals surface area contributed by atoms with Crippen LogP contribution in [0.5, 0.6) is 0 Å². The van der Waals surface area contributed by atoms with Crippen molar-refractivity contribution in [3.63, 3.8) is 0 Å². The molecule has 9 heteroatoms. The fourth-order valence-electron chi connectivity index (χ4n) is 1.68. The molecule has 0 aliphatic heterocycles. The first kappa shape index (κ1) is 17.7. The highest BCUT2D eigenvalue weighted by Crippen LogP contribution is 2.26. The van der Waals surface area contributed by atoms with Crippen LogP contribution in [0.4, 0.5) is 23.2 Å². The number of hydrogen-bond acceptors (Lipinski definition) is 3. The van der Waals surface area contributed by atoms with Gasteiger partial charge in [-0.3, -0.25) is 0 Å². The Morgan fingerprint density at radius 3 is 2.43 bits per heavy atom. The first-order valence-corrected chi connectivity index (χ1v) is 7.64. The van der Waals surface area contributed by atoms with Crippen LogP contribution in [-0.2, 0) is 10.0 Å². The molecule has 0 aliphatic carbocycles. The van der Waals surface area contributed by atoms with Crippen LogP contribution in [0.15, 0.2) is 23.1 Å². The number of nitrogen functional groups attached to an aromatic ring is 1. The standard InChI is InChI=1S/C12H16F4N2O2S/c1-2-3-6-18(8-12(14,15)16)21(19,20)11-7-9(17)4-5-10(11)13/h4-5,7H,2-3,6,8,17H2,1H3. The van der Waals surface area contributed by atoms with Crippen molar-refractivity contribution in [3.05, 3.63) is 24.0 Å². The summed E-state index contributed by atoms with van der Waals surface area (Å²) in [7, 11) is -4.60. The molecule has 1 aromatic rings. The average Bonchev–Trinajstić information content (AvgIpc) is 2.35. The SMILES string of the molecule is CCCCN(CC(F)(F)F)S(=O)(=O)c1cc(N)ccc1F. The van der Waals surface area contributed by atoms with Gasteiger partial charge in [-0.05, 0) is 24.6 Å². The number of nitrogens with zero attached hydrogens (tertiary/aromatic N) is 1. The summed E-state index contributed by atoms with van der Waals surface area (Å²) in [6.45, 7) is -0.296. The molecule has 2 N–H and O–H groups in total. The molecule has 0 spiro atoms. The summed E-state index contributed by atoms with van der Waals surface area (Å²) in [5.41, 5.74) is 5.34. The topological polar surface area (TPSA) is 63.4 Å². The van der Waals surface area contributed by atoms with E-state index in [9.17, 15) is 26.0 Å². The van der Waals surface area contributed by atoms with Crippen molar-refractivity contribution in [2.75, 3.05) is 18.8 Å². The van der Waals surface area contributed by atoms with Crippen molar-refractivity contribution in [1.29, 1.82) is 0 Å². The van der Waals surface area contributed by atoms with Crippen LogP contribution in [0, 0.1) is 5.82 Å². The number of alkyl halides is 3. The predicted octanol–water partition coefficient (Wildman–Crippen LogP) is 2.76. The quantitative estimate of drug-likeness (QED) is 0.645. The summed E-state index contributed by atoms with van der Waals surface area (Å²) in [5.74, 6) is -1.13. The average molecular weight is 328 g/mol. The van der Waals surface area contributed by atoms with Crippen molar-refractivity contribution in [1.82, 2.24) is 4.31 Å². The lowest BCUT2D eigenvalue weighted by atomic mass is 10.3. The third-order valence-electron chi connectivity index (χ3n) is 2.69. The number of halogens is 4. The summed E-state index contributed by atoms with van der Waals surface area (Å²) >= 11 is 0. The highest BCUT2D eigenvalue weighted by Gasteiger charge is 2.37. The largest absolute Gasteiger partial charge is 0.402 e. The van der Waals surface area contributed by atoms with E-state index in [-0.39, 0.29) is 23.0 Å². The smallest absolute Gasteiger partial charge is 0.399 e. The molecule has 0 saturated heterocycles. The molecule has 0 saturated carbocycles. The lowest BCUT2D eigenvalue weighted by Crippen LogP contribution is -2.39. The highest BCUT2D eigenvalue weighted by molar-refractivity contribution is 7.89. The molecular weight excluding hydrogens is 312 g/mol. The van der Waals surface area contributed by atoms with Gasteiger partial charge < -0.3 is 5.73 Å².